The summed E-state index contributed by atoms with van der Waals surface area (Å²) in [6, 6.07) is 13.4. The number of amides is 1. The van der Waals surface area contributed by atoms with Crippen molar-refractivity contribution in [2.45, 2.75) is 19.8 Å². The van der Waals surface area contributed by atoms with E-state index in [1.165, 1.54) is 18.2 Å². The fourth-order valence-electron chi connectivity index (χ4n) is 3.04. The number of hydrogen-bond donors (Lipinski definition) is 1. The fraction of sp³-hybridized carbons (Fsp3) is 0.269. The van der Waals surface area contributed by atoms with Crippen molar-refractivity contribution in [2.24, 2.45) is 0 Å². The molecule has 3 rings (SSSR count). The van der Waals surface area contributed by atoms with Gasteiger partial charge in [0.15, 0.2) is 0 Å². The number of carbonyl (C=O) groups excluding carboxylic acids is 2. The third kappa shape index (κ3) is 7.05. The van der Waals surface area contributed by atoms with Crippen molar-refractivity contribution in [3.8, 4) is 11.5 Å². The van der Waals surface area contributed by atoms with E-state index < -0.39 is 17.5 Å². The Kier molecular flexibility index (Phi) is 8.99. The van der Waals surface area contributed by atoms with Crippen LogP contribution in [0.15, 0.2) is 63.8 Å². The zero-order valence-corrected chi connectivity index (χ0v) is 19.2. The van der Waals surface area contributed by atoms with Gasteiger partial charge in [-0.2, -0.15) is 0 Å². The third-order valence-electron chi connectivity index (χ3n) is 4.75. The first-order valence-electron chi connectivity index (χ1n) is 11.0. The molecule has 0 radical (unpaired) electrons. The zero-order valence-electron chi connectivity index (χ0n) is 19.2. The lowest BCUT2D eigenvalue weighted by Gasteiger charge is -2.06. The predicted molar refractivity (Wildman–Crippen MR) is 128 cm³/mol. The maximum absolute atomic E-state index is 12.3. The smallest absolute Gasteiger partial charge is 0.349 e. The first kappa shape index (κ1) is 24.7. The van der Waals surface area contributed by atoms with Gasteiger partial charge in [0.05, 0.1) is 6.61 Å². The first-order chi connectivity index (χ1) is 16.5. The van der Waals surface area contributed by atoms with Crippen molar-refractivity contribution in [2.75, 3.05) is 26.9 Å². The Balaban J connectivity index is 1.63. The molecule has 0 fully saturated rings. The highest BCUT2D eigenvalue weighted by Gasteiger charge is 2.14. The second-order valence-electron chi connectivity index (χ2n) is 7.42. The molecule has 8 nitrogen and oxygen atoms in total. The van der Waals surface area contributed by atoms with Crippen LogP contribution in [0, 0.1) is 0 Å². The van der Waals surface area contributed by atoms with Crippen LogP contribution < -0.4 is 20.4 Å². The van der Waals surface area contributed by atoms with E-state index in [2.05, 4.69) is 5.32 Å². The summed E-state index contributed by atoms with van der Waals surface area (Å²) in [5, 5.41) is 3.18. The van der Waals surface area contributed by atoms with Gasteiger partial charge in [-0.15, -0.1) is 0 Å². The average Bonchev–Trinajstić information content (AvgIpc) is 2.84. The minimum Gasteiger partial charge on any atom is -0.494 e. The van der Waals surface area contributed by atoms with Gasteiger partial charge in [0.1, 0.15) is 22.6 Å². The van der Waals surface area contributed by atoms with Crippen molar-refractivity contribution < 1.29 is 28.2 Å². The van der Waals surface area contributed by atoms with E-state index >= 15 is 0 Å². The minimum absolute atomic E-state index is 0.0938. The van der Waals surface area contributed by atoms with Crippen LogP contribution in [0.25, 0.3) is 17.0 Å². The van der Waals surface area contributed by atoms with Gasteiger partial charge in [-0.05, 0) is 54.8 Å². The highest BCUT2D eigenvalue weighted by molar-refractivity contribution is 5.97. The quantitative estimate of drug-likeness (QED) is 0.150. The third-order valence-corrected chi connectivity index (χ3v) is 4.75. The lowest BCUT2D eigenvalue weighted by atomic mass is 10.1. The van der Waals surface area contributed by atoms with Crippen molar-refractivity contribution >= 4 is 28.9 Å². The molecule has 0 aliphatic rings. The maximum Gasteiger partial charge on any atom is 0.349 e. The van der Waals surface area contributed by atoms with E-state index in [1.54, 1.807) is 25.3 Å². The molecule has 0 saturated heterocycles. The number of fused-ring (bicyclic) bond motifs is 1. The lowest BCUT2D eigenvalue weighted by Crippen LogP contribution is -2.29. The molecule has 1 heterocycles. The van der Waals surface area contributed by atoms with Gasteiger partial charge in [-0.3, -0.25) is 4.79 Å². The molecule has 1 aromatic heterocycles. The molecule has 34 heavy (non-hydrogen) atoms. The molecule has 178 valence electrons. The fourth-order valence-corrected chi connectivity index (χ4v) is 3.04. The zero-order chi connectivity index (χ0) is 24.3. The molecule has 0 aliphatic carbocycles. The number of benzene rings is 2. The summed E-state index contributed by atoms with van der Waals surface area (Å²) in [6.07, 6.45) is 4.49. The summed E-state index contributed by atoms with van der Waals surface area (Å²) < 4.78 is 21.0. The Morgan fingerprint density at radius 3 is 2.53 bits per heavy atom. The topological polar surface area (TPSA) is 104 Å². The molecule has 0 unspecified atom stereocenters. The second-order valence-corrected chi connectivity index (χ2v) is 7.42. The number of nitrogens with one attached hydrogen (secondary N) is 1. The van der Waals surface area contributed by atoms with Crippen LogP contribution in [0.4, 0.5) is 0 Å². The van der Waals surface area contributed by atoms with Gasteiger partial charge in [0.25, 0.3) is 5.91 Å². The number of methoxy groups -OCH3 is 1. The Labute approximate surface area is 197 Å². The molecule has 3 aromatic rings. The summed E-state index contributed by atoms with van der Waals surface area (Å²) in [4.78, 5) is 36.7. The normalized spacial score (nSPS) is 11.0. The summed E-state index contributed by atoms with van der Waals surface area (Å²) >= 11 is 0. The molecule has 0 aliphatic heterocycles. The van der Waals surface area contributed by atoms with Crippen molar-refractivity contribution in [1.82, 2.24) is 5.32 Å². The van der Waals surface area contributed by atoms with E-state index in [-0.39, 0.29) is 16.9 Å². The number of carbonyl (C=O) groups is 2. The maximum atomic E-state index is 12.3. The average molecular weight is 466 g/mol. The number of rotatable bonds is 11. The minimum atomic E-state index is -0.772. The SMILES string of the molecule is CCCOc1ccc(/C=C/C(=O)Oc2ccc3cc(C(=O)NCCCOC)c(=O)oc3c2)cc1. The van der Waals surface area contributed by atoms with Crippen LogP contribution in [-0.2, 0) is 9.53 Å². The van der Waals surface area contributed by atoms with Gasteiger partial charge < -0.3 is 23.9 Å². The van der Waals surface area contributed by atoms with Crippen molar-refractivity contribution in [3.63, 3.8) is 0 Å². The van der Waals surface area contributed by atoms with Crippen LogP contribution in [0.5, 0.6) is 11.5 Å². The first-order valence-corrected chi connectivity index (χ1v) is 11.0. The predicted octanol–water partition coefficient (Wildman–Crippen LogP) is 3.97. The second kappa shape index (κ2) is 12.4. The molecule has 0 bridgehead atoms. The monoisotopic (exact) mass is 465 g/mol. The van der Waals surface area contributed by atoms with Crippen LogP contribution in [0.1, 0.15) is 35.7 Å². The summed E-state index contributed by atoms with van der Waals surface area (Å²) in [7, 11) is 1.57. The highest BCUT2D eigenvalue weighted by atomic mass is 16.5. The summed E-state index contributed by atoms with van der Waals surface area (Å²) in [5.41, 5.74) is 0.159. The molecular formula is C26H27NO7. The van der Waals surface area contributed by atoms with Crippen LogP contribution in [0.2, 0.25) is 0 Å². The molecular weight excluding hydrogens is 438 g/mol. The van der Waals surface area contributed by atoms with Gasteiger partial charge in [0, 0.05) is 37.8 Å². The molecule has 0 saturated carbocycles. The summed E-state index contributed by atoms with van der Waals surface area (Å²) in [5.74, 6) is -0.117. The number of esters is 1. The van der Waals surface area contributed by atoms with E-state index in [0.29, 0.717) is 31.6 Å². The lowest BCUT2D eigenvalue weighted by molar-refractivity contribution is -0.128. The van der Waals surface area contributed by atoms with Crippen LogP contribution >= 0.6 is 0 Å². The van der Waals surface area contributed by atoms with Crippen molar-refractivity contribution in [1.29, 1.82) is 0 Å². The van der Waals surface area contributed by atoms with E-state index in [4.69, 9.17) is 18.6 Å². The van der Waals surface area contributed by atoms with Gasteiger partial charge in [-0.1, -0.05) is 19.1 Å². The van der Waals surface area contributed by atoms with Gasteiger partial charge >= 0.3 is 11.6 Å². The largest absolute Gasteiger partial charge is 0.494 e. The number of ether oxygens (including phenoxy) is 3. The Hall–Kier alpha value is -3.91. The van der Waals surface area contributed by atoms with Crippen LogP contribution in [0.3, 0.4) is 0 Å². The van der Waals surface area contributed by atoms with E-state index in [9.17, 15) is 14.4 Å². The number of hydrogen-bond acceptors (Lipinski definition) is 7. The Morgan fingerprint density at radius 2 is 1.79 bits per heavy atom. The van der Waals surface area contributed by atoms with Crippen molar-refractivity contribution in [3.05, 3.63) is 76.2 Å². The highest BCUT2D eigenvalue weighted by Crippen LogP contribution is 2.21. The molecule has 8 heteroatoms. The molecule has 1 N–H and O–H groups in total. The van der Waals surface area contributed by atoms with Crippen LogP contribution in [-0.4, -0.2) is 38.7 Å². The molecule has 2 aromatic carbocycles. The molecule has 1 amide bonds. The van der Waals surface area contributed by atoms with E-state index in [1.807, 2.05) is 31.2 Å². The Bertz CT molecular complexity index is 1210. The summed E-state index contributed by atoms with van der Waals surface area (Å²) in [6.45, 7) is 3.57. The molecule has 0 atom stereocenters. The standard InChI is InChI=1S/C26H27NO7/c1-3-14-32-20-9-5-18(6-10-20)7-12-24(28)33-21-11-8-19-16-22(26(30)34-23(19)17-21)25(29)27-13-4-15-31-2/h5-12,16-17H,3-4,13-15H2,1-2H3,(H,27,29)/b12-7+. The Morgan fingerprint density at radius 1 is 1.03 bits per heavy atom. The van der Waals surface area contributed by atoms with E-state index in [0.717, 1.165) is 17.7 Å². The van der Waals surface area contributed by atoms with Gasteiger partial charge in [-0.25, -0.2) is 9.59 Å². The molecule has 0 spiro atoms. The van der Waals surface area contributed by atoms with Gasteiger partial charge in [0.2, 0.25) is 0 Å².